The Kier molecular flexibility index (Phi) is 8.40. The number of phenols is 1. The summed E-state index contributed by atoms with van der Waals surface area (Å²) in [5.41, 5.74) is 0.763. The van der Waals surface area contributed by atoms with Crippen LogP contribution >= 0.6 is 24.0 Å². The van der Waals surface area contributed by atoms with E-state index in [0.29, 0.717) is 12.5 Å². The molecule has 0 bridgehead atoms. The van der Waals surface area contributed by atoms with Crippen LogP contribution in [0.4, 0.5) is 4.39 Å². The minimum atomic E-state index is -0.593. The molecule has 2 aliphatic heterocycles. The van der Waals surface area contributed by atoms with E-state index in [1.54, 1.807) is 6.07 Å². The van der Waals surface area contributed by atoms with Crippen molar-refractivity contribution < 1.29 is 9.50 Å². The molecule has 0 saturated carbocycles. The van der Waals surface area contributed by atoms with Gasteiger partial charge >= 0.3 is 0 Å². The Hall–Kier alpha value is -1.09. The average molecular weight is 476 g/mol. The van der Waals surface area contributed by atoms with Crippen molar-refractivity contribution in [3.63, 3.8) is 0 Å². The third kappa shape index (κ3) is 5.70. The predicted molar refractivity (Wildman–Crippen MR) is 114 cm³/mol. The molecule has 1 aromatic carbocycles. The van der Waals surface area contributed by atoms with E-state index < -0.39 is 5.82 Å². The summed E-state index contributed by atoms with van der Waals surface area (Å²) in [4.78, 5) is 9.57. The highest BCUT2D eigenvalue weighted by molar-refractivity contribution is 14.0. The van der Waals surface area contributed by atoms with E-state index in [0.717, 1.165) is 31.2 Å². The molecule has 2 N–H and O–H groups in total. The third-order valence-corrected chi connectivity index (χ3v) is 5.06. The number of halogens is 2. The molecule has 7 heteroatoms. The summed E-state index contributed by atoms with van der Waals surface area (Å²) in [6.07, 6.45) is 3.88. The van der Waals surface area contributed by atoms with Gasteiger partial charge in [-0.2, -0.15) is 0 Å². The Morgan fingerprint density at radius 3 is 2.77 bits per heavy atom. The molecule has 0 radical (unpaired) electrons. The highest BCUT2D eigenvalue weighted by atomic mass is 127. The second-order valence-corrected chi connectivity index (χ2v) is 7.06. The molecule has 3 rings (SSSR count). The fraction of sp³-hybridized carbons (Fsp3) is 0.632. The first kappa shape index (κ1) is 21.2. The minimum absolute atomic E-state index is 0. The Morgan fingerprint density at radius 2 is 2.08 bits per heavy atom. The van der Waals surface area contributed by atoms with Gasteiger partial charge in [0.2, 0.25) is 0 Å². The SMILES string of the molecule is CCNC(=NCc1ccc(O)c(F)c1)N1CCC(CN2CCCC2)C1.I. The van der Waals surface area contributed by atoms with E-state index in [9.17, 15) is 9.50 Å². The molecular formula is C19H30FIN4O. The third-order valence-electron chi connectivity index (χ3n) is 5.06. The van der Waals surface area contributed by atoms with Gasteiger partial charge in [-0.3, -0.25) is 0 Å². The summed E-state index contributed by atoms with van der Waals surface area (Å²) in [5.74, 6) is 0.696. The lowest BCUT2D eigenvalue weighted by Crippen LogP contribution is -2.40. The minimum Gasteiger partial charge on any atom is -0.505 e. The molecule has 2 saturated heterocycles. The largest absolute Gasteiger partial charge is 0.505 e. The molecule has 1 aromatic rings. The molecule has 1 atom stereocenters. The van der Waals surface area contributed by atoms with Crippen LogP contribution in [0.2, 0.25) is 0 Å². The lowest BCUT2D eigenvalue weighted by molar-refractivity contribution is 0.281. The highest BCUT2D eigenvalue weighted by Gasteiger charge is 2.27. The summed E-state index contributed by atoms with van der Waals surface area (Å²) >= 11 is 0. The second kappa shape index (κ2) is 10.3. The van der Waals surface area contributed by atoms with Gasteiger partial charge in [0.05, 0.1) is 6.54 Å². The first-order valence-corrected chi connectivity index (χ1v) is 9.38. The van der Waals surface area contributed by atoms with E-state index >= 15 is 0 Å². The van der Waals surface area contributed by atoms with Crippen LogP contribution < -0.4 is 5.32 Å². The molecule has 0 spiro atoms. The highest BCUT2D eigenvalue weighted by Crippen LogP contribution is 2.21. The zero-order chi connectivity index (χ0) is 17.6. The van der Waals surface area contributed by atoms with Gasteiger partial charge in [-0.1, -0.05) is 6.07 Å². The lowest BCUT2D eigenvalue weighted by Gasteiger charge is -2.23. The smallest absolute Gasteiger partial charge is 0.194 e. The number of aromatic hydroxyl groups is 1. The molecule has 1 unspecified atom stereocenters. The molecular weight excluding hydrogens is 446 g/mol. The normalized spacial score (nSPS) is 21.1. The van der Waals surface area contributed by atoms with Gasteiger partial charge in [0.1, 0.15) is 0 Å². The van der Waals surface area contributed by atoms with Crippen molar-refractivity contribution in [2.24, 2.45) is 10.9 Å². The summed E-state index contributed by atoms with van der Waals surface area (Å²) in [6, 6.07) is 4.45. The topological polar surface area (TPSA) is 51.1 Å². The number of guanidine groups is 1. The first-order valence-electron chi connectivity index (χ1n) is 9.38. The van der Waals surface area contributed by atoms with E-state index in [1.807, 2.05) is 0 Å². The number of nitrogens with one attached hydrogen (secondary N) is 1. The Bertz CT molecular complexity index is 607. The molecule has 2 heterocycles. The van der Waals surface area contributed by atoms with Crippen molar-refractivity contribution in [3.05, 3.63) is 29.6 Å². The van der Waals surface area contributed by atoms with Crippen molar-refractivity contribution in [3.8, 4) is 5.75 Å². The number of hydrogen-bond donors (Lipinski definition) is 2. The molecule has 0 aromatic heterocycles. The van der Waals surface area contributed by atoms with Crippen LogP contribution in [-0.4, -0.2) is 60.1 Å². The van der Waals surface area contributed by atoms with Gasteiger partial charge in [-0.15, -0.1) is 24.0 Å². The van der Waals surface area contributed by atoms with E-state index in [-0.39, 0.29) is 29.7 Å². The van der Waals surface area contributed by atoms with Crippen LogP contribution in [0, 0.1) is 11.7 Å². The molecule has 2 aliphatic rings. The van der Waals surface area contributed by atoms with Crippen LogP contribution in [0.5, 0.6) is 5.75 Å². The van der Waals surface area contributed by atoms with Crippen molar-refractivity contribution in [1.29, 1.82) is 0 Å². The van der Waals surface area contributed by atoms with E-state index in [4.69, 9.17) is 0 Å². The Morgan fingerprint density at radius 1 is 1.31 bits per heavy atom. The number of benzene rings is 1. The van der Waals surface area contributed by atoms with Crippen molar-refractivity contribution in [2.75, 3.05) is 39.3 Å². The van der Waals surface area contributed by atoms with Crippen LogP contribution in [0.25, 0.3) is 0 Å². The van der Waals surface area contributed by atoms with Crippen LogP contribution in [0.15, 0.2) is 23.2 Å². The molecule has 5 nitrogen and oxygen atoms in total. The molecule has 146 valence electrons. The monoisotopic (exact) mass is 476 g/mol. The maximum Gasteiger partial charge on any atom is 0.194 e. The van der Waals surface area contributed by atoms with Gasteiger partial charge < -0.3 is 20.2 Å². The van der Waals surface area contributed by atoms with Crippen LogP contribution in [0.1, 0.15) is 31.7 Å². The number of likely N-dealkylation sites (tertiary alicyclic amines) is 2. The van der Waals surface area contributed by atoms with Gasteiger partial charge in [0.15, 0.2) is 17.5 Å². The zero-order valence-corrected chi connectivity index (χ0v) is 17.8. The van der Waals surface area contributed by atoms with Crippen LogP contribution in [-0.2, 0) is 6.54 Å². The Labute approximate surface area is 172 Å². The maximum absolute atomic E-state index is 13.5. The second-order valence-electron chi connectivity index (χ2n) is 7.06. The number of hydrogen-bond acceptors (Lipinski definition) is 3. The van der Waals surface area contributed by atoms with Gasteiger partial charge in [-0.05, 0) is 62.9 Å². The van der Waals surface area contributed by atoms with Crippen molar-refractivity contribution in [2.45, 2.75) is 32.7 Å². The van der Waals surface area contributed by atoms with Crippen molar-refractivity contribution >= 4 is 29.9 Å². The lowest BCUT2D eigenvalue weighted by atomic mass is 10.1. The number of nitrogens with zero attached hydrogens (tertiary/aromatic N) is 3. The van der Waals surface area contributed by atoms with Crippen LogP contribution in [0.3, 0.4) is 0 Å². The molecule has 26 heavy (non-hydrogen) atoms. The standard InChI is InChI=1S/C19H29FN4O.HI/c1-2-21-19(22-12-15-5-6-18(25)17(20)11-15)24-10-7-16(14-24)13-23-8-3-4-9-23;/h5-6,11,16,25H,2-4,7-10,12-14H2,1H3,(H,21,22);1H. The first-order chi connectivity index (χ1) is 12.2. The van der Waals surface area contributed by atoms with Gasteiger partial charge in [0, 0.05) is 26.2 Å². The summed E-state index contributed by atoms with van der Waals surface area (Å²) in [6.45, 7) is 9.03. The number of phenolic OH excluding ortho intramolecular Hbond substituents is 1. The summed E-state index contributed by atoms with van der Waals surface area (Å²) in [5, 5.41) is 12.6. The summed E-state index contributed by atoms with van der Waals surface area (Å²) in [7, 11) is 0. The van der Waals surface area contributed by atoms with Gasteiger partial charge in [0.25, 0.3) is 0 Å². The Balaban J connectivity index is 0.00000243. The molecule has 0 aliphatic carbocycles. The molecule has 0 amide bonds. The zero-order valence-electron chi connectivity index (χ0n) is 15.5. The predicted octanol–water partition coefficient (Wildman–Crippen LogP) is 3.03. The maximum atomic E-state index is 13.5. The molecule has 2 fully saturated rings. The average Bonchev–Trinajstić information content (AvgIpc) is 3.27. The summed E-state index contributed by atoms with van der Waals surface area (Å²) < 4.78 is 13.5. The van der Waals surface area contributed by atoms with E-state index in [2.05, 4.69) is 27.0 Å². The van der Waals surface area contributed by atoms with Crippen molar-refractivity contribution in [1.82, 2.24) is 15.1 Å². The van der Waals surface area contributed by atoms with Gasteiger partial charge in [-0.25, -0.2) is 9.38 Å². The fourth-order valence-electron chi connectivity index (χ4n) is 3.75. The number of rotatable bonds is 5. The quantitative estimate of drug-likeness (QED) is 0.390. The number of aliphatic imine (C=N–C) groups is 1. The van der Waals surface area contributed by atoms with E-state index in [1.165, 1.54) is 51.0 Å². The fourth-order valence-corrected chi connectivity index (χ4v) is 3.75.